The zero-order valence-corrected chi connectivity index (χ0v) is 17.0. The molecule has 1 aromatic carbocycles. The topological polar surface area (TPSA) is 69.4 Å². The highest BCUT2D eigenvalue weighted by Gasteiger charge is 2.14. The van der Waals surface area contributed by atoms with Crippen LogP contribution >= 0.6 is 0 Å². The molecule has 0 N–H and O–H groups in total. The number of aryl methyl sites for hydroxylation is 3. The molecule has 0 aliphatic heterocycles. The Bertz CT molecular complexity index is 1120. The summed E-state index contributed by atoms with van der Waals surface area (Å²) >= 11 is 0. The summed E-state index contributed by atoms with van der Waals surface area (Å²) in [6.07, 6.45) is 5.50. The maximum Gasteiger partial charge on any atom is 0.128 e. The Kier molecular flexibility index (Phi) is 5.42. The Hall–Kier alpha value is -3.41. The number of hydrogen-bond donors (Lipinski definition) is 0. The first-order valence-electron chi connectivity index (χ1n) is 9.95. The molecular formula is C23H24N6. The van der Waals surface area contributed by atoms with E-state index in [1.807, 2.05) is 54.3 Å². The van der Waals surface area contributed by atoms with Crippen LogP contribution in [0.4, 0.5) is 0 Å². The van der Waals surface area contributed by atoms with Crippen LogP contribution in [-0.4, -0.2) is 29.9 Å². The Morgan fingerprint density at radius 2 is 1.72 bits per heavy atom. The van der Waals surface area contributed by atoms with Crippen LogP contribution in [0.1, 0.15) is 36.6 Å². The van der Waals surface area contributed by atoms with Crippen molar-refractivity contribution in [3.8, 4) is 22.5 Å². The van der Waals surface area contributed by atoms with Crippen molar-refractivity contribution in [3.63, 3.8) is 0 Å². The van der Waals surface area contributed by atoms with E-state index in [-0.39, 0.29) is 0 Å². The van der Waals surface area contributed by atoms with Crippen molar-refractivity contribution in [2.45, 2.75) is 40.2 Å². The highest BCUT2D eigenvalue weighted by atomic mass is 15.3. The summed E-state index contributed by atoms with van der Waals surface area (Å²) in [5.41, 5.74) is 6.64. The second-order valence-corrected chi connectivity index (χ2v) is 6.97. The molecule has 4 aromatic rings. The minimum Gasteiger partial charge on any atom is -0.268 e. The molecule has 0 amide bonds. The maximum atomic E-state index is 4.76. The second-order valence-electron chi connectivity index (χ2n) is 6.97. The third-order valence-corrected chi connectivity index (χ3v) is 4.93. The predicted octanol–water partition coefficient (Wildman–Crippen LogP) is 4.28. The zero-order valence-electron chi connectivity index (χ0n) is 17.0. The van der Waals surface area contributed by atoms with Gasteiger partial charge in [-0.3, -0.25) is 4.68 Å². The molecule has 0 saturated carbocycles. The van der Waals surface area contributed by atoms with Gasteiger partial charge in [-0.2, -0.15) is 15.3 Å². The first kappa shape index (κ1) is 18.9. The molecule has 0 aliphatic rings. The second kappa shape index (κ2) is 8.31. The van der Waals surface area contributed by atoms with Crippen LogP contribution < -0.4 is 0 Å². The largest absolute Gasteiger partial charge is 0.268 e. The summed E-state index contributed by atoms with van der Waals surface area (Å²) in [6, 6.07) is 14.4. The molecule has 0 unspecified atom stereocenters. The number of rotatable bonds is 6. The van der Waals surface area contributed by atoms with E-state index in [1.165, 1.54) is 5.56 Å². The molecule has 0 aliphatic carbocycles. The molecule has 4 rings (SSSR count). The third-order valence-electron chi connectivity index (χ3n) is 4.93. The number of aromatic nitrogens is 6. The first-order chi connectivity index (χ1) is 14.2. The van der Waals surface area contributed by atoms with Crippen molar-refractivity contribution in [1.29, 1.82) is 0 Å². The van der Waals surface area contributed by atoms with Gasteiger partial charge in [0.2, 0.25) is 0 Å². The van der Waals surface area contributed by atoms with Gasteiger partial charge in [0.05, 0.1) is 29.3 Å². The lowest BCUT2D eigenvalue weighted by Gasteiger charge is -2.09. The van der Waals surface area contributed by atoms with Crippen molar-refractivity contribution in [3.05, 3.63) is 77.6 Å². The lowest BCUT2D eigenvalue weighted by atomic mass is 10.1. The zero-order chi connectivity index (χ0) is 20.2. The molecule has 146 valence electrons. The van der Waals surface area contributed by atoms with Crippen LogP contribution in [0.5, 0.6) is 0 Å². The van der Waals surface area contributed by atoms with Crippen molar-refractivity contribution in [2.75, 3.05) is 0 Å². The van der Waals surface area contributed by atoms with Gasteiger partial charge in [0.1, 0.15) is 5.82 Å². The molecule has 0 radical (unpaired) electrons. The molecule has 0 atom stereocenters. The van der Waals surface area contributed by atoms with E-state index in [2.05, 4.69) is 46.1 Å². The standard InChI is InChI=1S/C23H24N6/c1-4-20-19(14-24-23(5-2)25-20)22-13-18(16(3)26-27-22)21-11-12-29(28-21)15-17-9-7-6-8-10-17/h6-14H,4-5,15H2,1-3H3. The molecule has 29 heavy (non-hydrogen) atoms. The van der Waals surface area contributed by atoms with Crippen LogP contribution in [0.15, 0.2) is 54.9 Å². The maximum absolute atomic E-state index is 4.76. The number of nitrogens with zero attached hydrogens (tertiary/aromatic N) is 6. The Balaban J connectivity index is 1.68. The summed E-state index contributed by atoms with van der Waals surface area (Å²) in [5.74, 6) is 0.852. The van der Waals surface area contributed by atoms with E-state index in [0.29, 0.717) is 0 Å². The summed E-state index contributed by atoms with van der Waals surface area (Å²) in [5, 5.41) is 13.6. The minimum atomic E-state index is 0.734. The van der Waals surface area contributed by atoms with E-state index >= 15 is 0 Å². The highest BCUT2D eigenvalue weighted by molar-refractivity contribution is 5.70. The van der Waals surface area contributed by atoms with Gasteiger partial charge in [-0.05, 0) is 31.0 Å². The lowest BCUT2D eigenvalue weighted by Crippen LogP contribution is -2.03. The normalized spacial score (nSPS) is 11.0. The van der Waals surface area contributed by atoms with E-state index in [9.17, 15) is 0 Å². The molecule has 0 fully saturated rings. The van der Waals surface area contributed by atoms with Gasteiger partial charge in [0, 0.05) is 29.9 Å². The molecule has 0 saturated heterocycles. The minimum absolute atomic E-state index is 0.734. The van der Waals surface area contributed by atoms with Gasteiger partial charge < -0.3 is 0 Å². The van der Waals surface area contributed by atoms with Crippen molar-refractivity contribution in [2.24, 2.45) is 0 Å². The summed E-state index contributed by atoms with van der Waals surface area (Å²) in [4.78, 5) is 9.12. The van der Waals surface area contributed by atoms with Crippen LogP contribution in [0.2, 0.25) is 0 Å². The van der Waals surface area contributed by atoms with Crippen LogP contribution in [0.3, 0.4) is 0 Å². The molecule has 3 aromatic heterocycles. The van der Waals surface area contributed by atoms with E-state index in [1.54, 1.807) is 0 Å². The van der Waals surface area contributed by atoms with Gasteiger partial charge in [-0.1, -0.05) is 44.2 Å². The van der Waals surface area contributed by atoms with Gasteiger partial charge in [-0.25, -0.2) is 9.97 Å². The lowest BCUT2D eigenvalue weighted by molar-refractivity contribution is 0.689. The molecule has 6 nitrogen and oxygen atoms in total. The average Bonchev–Trinajstić information content (AvgIpc) is 3.22. The number of benzene rings is 1. The Morgan fingerprint density at radius 1 is 0.897 bits per heavy atom. The van der Waals surface area contributed by atoms with Crippen LogP contribution in [0.25, 0.3) is 22.5 Å². The quantitative estimate of drug-likeness (QED) is 0.496. The number of hydrogen-bond acceptors (Lipinski definition) is 5. The summed E-state index contributed by atoms with van der Waals surface area (Å²) < 4.78 is 1.95. The SMILES string of the molecule is CCc1ncc(-c2cc(-c3ccn(Cc4ccccc4)n3)c(C)nn2)c(CC)n1. The van der Waals surface area contributed by atoms with Gasteiger partial charge >= 0.3 is 0 Å². The van der Waals surface area contributed by atoms with Crippen molar-refractivity contribution >= 4 is 0 Å². The molecule has 6 heteroatoms. The fraction of sp³-hybridized carbons (Fsp3) is 0.261. The monoisotopic (exact) mass is 384 g/mol. The van der Waals surface area contributed by atoms with Gasteiger partial charge in [0.25, 0.3) is 0 Å². The van der Waals surface area contributed by atoms with Gasteiger partial charge in [0.15, 0.2) is 0 Å². The Morgan fingerprint density at radius 3 is 2.48 bits per heavy atom. The molecule has 3 heterocycles. The Labute approximate surface area is 170 Å². The molecular weight excluding hydrogens is 360 g/mol. The first-order valence-corrected chi connectivity index (χ1v) is 9.95. The van der Waals surface area contributed by atoms with Gasteiger partial charge in [-0.15, -0.1) is 0 Å². The van der Waals surface area contributed by atoms with Crippen molar-refractivity contribution in [1.82, 2.24) is 29.9 Å². The van der Waals surface area contributed by atoms with E-state index in [0.717, 1.165) is 59.1 Å². The smallest absolute Gasteiger partial charge is 0.128 e. The van der Waals surface area contributed by atoms with Crippen LogP contribution in [0, 0.1) is 6.92 Å². The average molecular weight is 384 g/mol. The van der Waals surface area contributed by atoms with Crippen molar-refractivity contribution < 1.29 is 0 Å². The predicted molar refractivity (Wildman–Crippen MR) is 113 cm³/mol. The molecule has 0 bridgehead atoms. The van der Waals surface area contributed by atoms with E-state index < -0.39 is 0 Å². The highest BCUT2D eigenvalue weighted by Crippen LogP contribution is 2.27. The molecule has 0 spiro atoms. The summed E-state index contributed by atoms with van der Waals surface area (Å²) in [7, 11) is 0. The summed E-state index contributed by atoms with van der Waals surface area (Å²) in [6.45, 7) is 6.85. The fourth-order valence-electron chi connectivity index (χ4n) is 3.32. The third kappa shape index (κ3) is 4.06. The van der Waals surface area contributed by atoms with Crippen LogP contribution in [-0.2, 0) is 19.4 Å². The fourth-order valence-corrected chi connectivity index (χ4v) is 3.32. The van der Waals surface area contributed by atoms with E-state index in [4.69, 9.17) is 5.10 Å².